The van der Waals surface area contributed by atoms with Gasteiger partial charge in [-0.1, -0.05) is 48.0 Å². The molecule has 0 amide bonds. The molecule has 3 N–H and O–H groups in total. The molecular formula is C32H63NO9. The fourth-order valence-corrected chi connectivity index (χ4v) is 5.81. The Morgan fingerprint density at radius 1 is 0.952 bits per heavy atom. The fraction of sp³-hybridized carbons (Fsp3) is 0.938. The van der Waals surface area contributed by atoms with Crippen molar-refractivity contribution in [1.29, 1.82) is 0 Å². The predicted molar refractivity (Wildman–Crippen MR) is 163 cm³/mol. The van der Waals surface area contributed by atoms with Crippen molar-refractivity contribution in [2.75, 3.05) is 13.8 Å². The van der Waals surface area contributed by atoms with Gasteiger partial charge in [0.1, 0.15) is 17.8 Å². The summed E-state index contributed by atoms with van der Waals surface area (Å²) >= 11 is 0. The molecule has 0 heterocycles. The van der Waals surface area contributed by atoms with Gasteiger partial charge in [-0.3, -0.25) is 14.9 Å². The molecule has 0 fully saturated rings. The molecule has 10 atom stereocenters. The molecule has 250 valence electrons. The van der Waals surface area contributed by atoms with Crippen LogP contribution in [0.2, 0.25) is 0 Å². The van der Waals surface area contributed by atoms with Gasteiger partial charge in [-0.2, -0.15) is 0 Å². The summed E-state index contributed by atoms with van der Waals surface area (Å²) in [5.41, 5.74) is -1.30. The number of aliphatic hydroxyl groups is 2. The Balaban J connectivity index is 6.03. The first kappa shape index (κ1) is 40.7. The maximum Gasteiger partial charge on any atom is 0.311 e. The van der Waals surface area contributed by atoms with Crippen molar-refractivity contribution in [3.05, 3.63) is 0 Å². The van der Waals surface area contributed by atoms with Gasteiger partial charge in [0.05, 0.1) is 18.8 Å². The summed E-state index contributed by atoms with van der Waals surface area (Å²) in [4.78, 5) is 25.2. The minimum absolute atomic E-state index is 0.000571. The van der Waals surface area contributed by atoms with Gasteiger partial charge in [-0.25, -0.2) is 0 Å². The predicted octanol–water partition coefficient (Wildman–Crippen LogP) is 5.17. The first-order valence-electron chi connectivity index (χ1n) is 15.8. The molecule has 0 aliphatic rings. The minimum atomic E-state index is -1.30. The van der Waals surface area contributed by atoms with Crippen LogP contribution in [0.4, 0.5) is 0 Å². The van der Waals surface area contributed by atoms with E-state index in [1.165, 1.54) is 14.0 Å². The summed E-state index contributed by atoms with van der Waals surface area (Å²) in [7, 11) is 1.45. The van der Waals surface area contributed by atoms with Crippen LogP contribution in [0.5, 0.6) is 0 Å². The molecule has 0 aromatic rings. The molecule has 0 saturated heterocycles. The lowest BCUT2D eigenvalue weighted by molar-refractivity contribution is -0.260. The largest absolute Gasteiger partial charge is 0.459 e. The van der Waals surface area contributed by atoms with Crippen molar-refractivity contribution in [3.63, 3.8) is 0 Å². The molecular weight excluding hydrogens is 542 g/mol. The van der Waals surface area contributed by atoms with E-state index in [4.69, 9.17) is 23.7 Å². The van der Waals surface area contributed by atoms with E-state index in [2.05, 4.69) is 33.0 Å². The monoisotopic (exact) mass is 605 g/mol. The maximum atomic E-state index is 13.6. The highest BCUT2D eigenvalue weighted by Crippen LogP contribution is 2.31. The summed E-state index contributed by atoms with van der Waals surface area (Å²) in [5.74, 6) is -0.597. The molecule has 0 bridgehead atoms. The number of esters is 2. The van der Waals surface area contributed by atoms with Gasteiger partial charge in [0, 0.05) is 20.1 Å². The van der Waals surface area contributed by atoms with Gasteiger partial charge in [0.15, 0.2) is 6.29 Å². The molecule has 7 unspecified atom stereocenters. The van der Waals surface area contributed by atoms with Crippen LogP contribution in [-0.4, -0.2) is 78.5 Å². The maximum absolute atomic E-state index is 13.6. The summed E-state index contributed by atoms with van der Waals surface area (Å²) in [5, 5.41) is 23.3. The number of hydrogen-bond acceptors (Lipinski definition) is 10. The third-order valence-corrected chi connectivity index (χ3v) is 7.65. The number of carbonyl (C=O) groups excluding carboxylic acids is 2. The number of hydrogen-bond donors (Lipinski definition) is 3. The second-order valence-electron chi connectivity index (χ2n) is 12.8. The topological polar surface area (TPSA) is 133 Å². The van der Waals surface area contributed by atoms with Crippen LogP contribution in [0.15, 0.2) is 0 Å². The van der Waals surface area contributed by atoms with Gasteiger partial charge in [0.25, 0.3) is 0 Å². The smallest absolute Gasteiger partial charge is 0.311 e. The fourth-order valence-electron chi connectivity index (χ4n) is 5.81. The number of ether oxygens (including phenoxy) is 5. The highest BCUT2D eigenvalue weighted by Gasteiger charge is 2.40. The normalized spacial score (nSPS) is 20.0. The minimum Gasteiger partial charge on any atom is -0.459 e. The van der Waals surface area contributed by atoms with E-state index in [9.17, 15) is 19.8 Å². The molecule has 10 nitrogen and oxygen atoms in total. The van der Waals surface area contributed by atoms with E-state index >= 15 is 0 Å². The standard InChI is InChI=1S/C32H63NO9/c1-13-15-28(39-25(9)31(38-12)40-26(10)35)42-29(22(6)17-21(5)16-20(3)4)24(8)30(36)41-27(14-2)32(11,37)18-23(7)33-19-34/h20-25,27-29,31,33-34,37H,13-19H2,1-12H3/t21?,22?,23-,24?,25+,27?,28?,29?,31?,32+/m1/s1. The van der Waals surface area contributed by atoms with Crippen LogP contribution >= 0.6 is 0 Å². The zero-order valence-electron chi connectivity index (χ0n) is 28.5. The highest BCUT2D eigenvalue weighted by molar-refractivity contribution is 5.73. The van der Waals surface area contributed by atoms with Crippen molar-refractivity contribution in [2.45, 2.75) is 157 Å². The van der Waals surface area contributed by atoms with Gasteiger partial charge in [0.2, 0.25) is 6.29 Å². The second-order valence-corrected chi connectivity index (χ2v) is 12.8. The number of methoxy groups -OCH3 is 1. The van der Waals surface area contributed by atoms with E-state index in [1.807, 2.05) is 20.8 Å². The molecule has 0 spiro atoms. The lowest BCUT2D eigenvalue weighted by Gasteiger charge is -2.37. The van der Waals surface area contributed by atoms with Crippen molar-refractivity contribution in [2.24, 2.45) is 23.7 Å². The molecule has 42 heavy (non-hydrogen) atoms. The van der Waals surface area contributed by atoms with Gasteiger partial charge < -0.3 is 33.9 Å². The number of carbonyl (C=O) groups is 2. The third-order valence-electron chi connectivity index (χ3n) is 7.65. The van der Waals surface area contributed by atoms with Crippen LogP contribution in [0.3, 0.4) is 0 Å². The van der Waals surface area contributed by atoms with Crippen molar-refractivity contribution in [3.8, 4) is 0 Å². The quantitative estimate of drug-likeness (QED) is 0.106. The van der Waals surface area contributed by atoms with E-state index in [0.717, 1.165) is 19.3 Å². The molecule has 0 aromatic carbocycles. The molecule has 0 aliphatic heterocycles. The lowest BCUT2D eigenvalue weighted by Crippen LogP contribution is -2.48. The van der Waals surface area contributed by atoms with Crippen LogP contribution in [-0.2, 0) is 33.3 Å². The van der Waals surface area contributed by atoms with Crippen molar-refractivity contribution in [1.82, 2.24) is 5.32 Å². The van der Waals surface area contributed by atoms with Crippen molar-refractivity contribution < 1.29 is 43.5 Å². The lowest BCUT2D eigenvalue weighted by atomic mass is 9.83. The first-order valence-corrected chi connectivity index (χ1v) is 15.8. The van der Waals surface area contributed by atoms with Gasteiger partial charge in [-0.05, 0) is 77.6 Å². The zero-order valence-corrected chi connectivity index (χ0v) is 28.5. The van der Waals surface area contributed by atoms with E-state index < -0.39 is 54.3 Å². The molecule has 0 aliphatic carbocycles. The number of aliphatic hydroxyl groups excluding tert-OH is 1. The SMILES string of the molecule is CCCC(OC(C(C)CC(C)CC(C)C)C(C)C(=O)OC(CC)[C@@](C)(O)C[C@@H](C)NCO)O[C@@H](C)C(OC)OC(C)=O. The average molecular weight is 606 g/mol. The molecule has 0 saturated carbocycles. The Morgan fingerprint density at radius 2 is 1.57 bits per heavy atom. The van der Waals surface area contributed by atoms with E-state index in [1.54, 1.807) is 20.8 Å². The number of nitrogens with one attached hydrogen (secondary N) is 1. The molecule has 0 rings (SSSR count). The van der Waals surface area contributed by atoms with Crippen LogP contribution in [0, 0.1) is 23.7 Å². The first-order chi connectivity index (χ1) is 19.5. The molecule has 0 radical (unpaired) electrons. The summed E-state index contributed by atoms with van der Waals surface area (Å²) in [6.07, 6.45) is 0.528. The van der Waals surface area contributed by atoms with Gasteiger partial charge >= 0.3 is 11.9 Å². The highest BCUT2D eigenvalue weighted by atomic mass is 16.7. The van der Waals surface area contributed by atoms with Crippen LogP contribution in [0.1, 0.15) is 115 Å². The Morgan fingerprint density at radius 3 is 2.05 bits per heavy atom. The Kier molecular flexibility index (Phi) is 20.0. The van der Waals surface area contributed by atoms with Crippen LogP contribution < -0.4 is 5.32 Å². The second kappa shape index (κ2) is 20.6. The van der Waals surface area contributed by atoms with E-state index in [-0.39, 0.29) is 18.7 Å². The Labute approximate surface area is 255 Å². The molecule has 10 heteroatoms. The Hall–Kier alpha value is -1.30. The Bertz CT molecular complexity index is 747. The summed E-state index contributed by atoms with van der Waals surface area (Å²) < 4.78 is 29.3. The van der Waals surface area contributed by atoms with E-state index in [0.29, 0.717) is 31.1 Å². The third kappa shape index (κ3) is 15.4. The summed E-state index contributed by atoms with van der Waals surface area (Å²) in [6, 6.07) is -0.175. The van der Waals surface area contributed by atoms with Gasteiger partial charge in [-0.15, -0.1) is 0 Å². The molecule has 0 aromatic heterocycles. The van der Waals surface area contributed by atoms with Crippen LogP contribution in [0.25, 0.3) is 0 Å². The average Bonchev–Trinajstić information content (AvgIpc) is 2.87. The zero-order chi connectivity index (χ0) is 32.6. The van der Waals surface area contributed by atoms with Crippen molar-refractivity contribution >= 4 is 11.9 Å². The number of rotatable bonds is 23. The summed E-state index contributed by atoms with van der Waals surface area (Å²) in [6.45, 7) is 20.8.